The molecule has 1 saturated carbocycles. The van der Waals surface area contributed by atoms with Gasteiger partial charge in [0.05, 0.1) is 30.7 Å². The molecule has 2 bridgehead atoms. The first-order valence-corrected chi connectivity index (χ1v) is 15.2. The topological polar surface area (TPSA) is 120 Å². The lowest BCUT2D eigenvalue weighted by Crippen LogP contribution is -2.57. The first-order chi connectivity index (χ1) is 19.9. The molecule has 1 aromatic carbocycles. The van der Waals surface area contributed by atoms with Gasteiger partial charge in [0.25, 0.3) is 0 Å². The fourth-order valence-corrected chi connectivity index (χ4v) is 6.57. The minimum atomic E-state index is -0.882. The van der Waals surface area contributed by atoms with Gasteiger partial charge in [-0.25, -0.2) is 14.8 Å². The molecule has 10 nitrogen and oxygen atoms in total. The molecule has 42 heavy (non-hydrogen) atoms. The van der Waals surface area contributed by atoms with Gasteiger partial charge in [-0.05, 0) is 49.7 Å². The number of nitrogens with zero attached hydrogens (tertiary/aromatic N) is 3. The molecule has 1 saturated heterocycles. The third-order valence-corrected chi connectivity index (χ3v) is 9.21. The number of ether oxygens (including phenoxy) is 3. The molecule has 0 spiro atoms. The number of aromatic nitrogens is 2. The van der Waals surface area contributed by atoms with Crippen LogP contribution in [-0.2, 0) is 20.7 Å². The van der Waals surface area contributed by atoms with E-state index in [9.17, 15) is 14.4 Å². The van der Waals surface area contributed by atoms with Crippen molar-refractivity contribution in [2.45, 2.75) is 97.9 Å². The predicted molar refractivity (Wildman–Crippen MR) is 157 cm³/mol. The van der Waals surface area contributed by atoms with E-state index >= 15 is 0 Å². The van der Waals surface area contributed by atoms with Crippen LogP contribution < -0.4 is 14.8 Å². The van der Waals surface area contributed by atoms with E-state index in [0.717, 1.165) is 36.9 Å². The average molecular weight is 581 g/mol. The number of hydrogen-bond acceptors (Lipinski definition) is 8. The second-order valence-corrected chi connectivity index (χ2v) is 13.3. The van der Waals surface area contributed by atoms with Gasteiger partial charge >= 0.3 is 6.09 Å². The largest absolute Gasteiger partial charge is 0.497 e. The Balaban J connectivity index is 1.52. The van der Waals surface area contributed by atoms with Crippen LogP contribution in [0.1, 0.15) is 72.9 Å². The van der Waals surface area contributed by atoms with Crippen LogP contribution in [0.15, 0.2) is 18.2 Å². The molecule has 2 amide bonds. The summed E-state index contributed by atoms with van der Waals surface area (Å²) in [6.45, 7) is 11.4. The molecule has 0 radical (unpaired) electrons. The third-order valence-electron chi connectivity index (χ3n) is 9.21. The molecule has 7 atom stereocenters. The van der Waals surface area contributed by atoms with Gasteiger partial charge in [-0.1, -0.05) is 47.5 Å². The number of nitrogens with one attached hydrogen (secondary N) is 1. The van der Waals surface area contributed by atoms with E-state index in [2.05, 4.69) is 12.2 Å². The summed E-state index contributed by atoms with van der Waals surface area (Å²) in [5, 5.41) is 2.85. The molecular weight excluding hydrogens is 536 g/mol. The molecule has 2 fully saturated rings. The lowest BCUT2D eigenvalue weighted by atomic mass is 9.85. The van der Waals surface area contributed by atoms with E-state index in [1.54, 1.807) is 12.0 Å². The van der Waals surface area contributed by atoms with Gasteiger partial charge in [0.15, 0.2) is 5.78 Å². The van der Waals surface area contributed by atoms with Gasteiger partial charge in [0, 0.05) is 17.9 Å². The van der Waals surface area contributed by atoms with Crippen molar-refractivity contribution in [2.75, 3.05) is 13.7 Å². The number of Topliss-reactive ketones (excluding diaryl/α,β-unsaturated/α-hetero) is 1. The maximum absolute atomic E-state index is 14.1. The zero-order chi connectivity index (χ0) is 30.3. The predicted octanol–water partition coefficient (Wildman–Crippen LogP) is 4.71. The van der Waals surface area contributed by atoms with E-state index in [-0.39, 0.29) is 36.2 Å². The molecule has 5 rings (SSSR count). The van der Waals surface area contributed by atoms with E-state index in [4.69, 9.17) is 24.2 Å². The zero-order valence-corrected chi connectivity index (χ0v) is 25.8. The van der Waals surface area contributed by atoms with Crippen molar-refractivity contribution in [1.82, 2.24) is 20.2 Å². The Hall–Kier alpha value is -3.43. The number of methoxy groups -OCH3 is 1. The highest BCUT2D eigenvalue weighted by atomic mass is 16.6. The highest BCUT2D eigenvalue weighted by Crippen LogP contribution is 2.45. The second-order valence-electron chi connectivity index (χ2n) is 13.3. The summed E-state index contributed by atoms with van der Waals surface area (Å²) in [4.78, 5) is 51.4. The highest BCUT2D eigenvalue weighted by Gasteiger charge is 2.51. The number of fused-ring (bicyclic) bond motifs is 5. The van der Waals surface area contributed by atoms with Crippen LogP contribution in [0.5, 0.6) is 11.6 Å². The number of amides is 2. The smallest absolute Gasteiger partial charge is 0.408 e. The number of alkyl carbamates (subject to hydrolysis) is 1. The van der Waals surface area contributed by atoms with Crippen LogP contribution in [0, 0.1) is 23.2 Å². The summed E-state index contributed by atoms with van der Waals surface area (Å²) in [6.07, 6.45) is 3.37. The van der Waals surface area contributed by atoms with Crippen molar-refractivity contribution in [3.63, 3.8) is 0 Å². The van der Waals surface area contributed by atoms with Gasteiger partial charge in [-0.15, -0.1) is 0 Å². The molecule has 228 valence electrons. The van der Waals surface area contributed by atoms with Crippen LogP contribution in [-0.4, -0.2) is 70.6 Å². The van der Waals surface area contributed by atoms with Crippen molar-refractivity contribution in [2.24, 2.45) is 23.2 Å². The van der Waals surface area contributed by atoms with E-state index < -0.39 is 29.7 Å². The van der Waals surface area contributed by atoms with Crippen molar-refractivity contribution in [1.29, 1.82) is 0 Å². The average Bonchev–Trinajstić information content (AvgIpc) is 3.39. The molecule has 3 aliphatic rings. The fourth-order valence-electron chi connectivity index (χ4n) is 6.57. The number of benzene rings is 1. The van der Waals surface area contributed by atoms with Gasteiger partial charge in [0.1, 0.15) is 29.7 Å². The first-order valence-electron chi connectivity index (χ1n) is 15.2. The monoisotopic (exact) mass is 580 g/mol. The summed E-state index contributed by atoms with van der Waals surface area (Å²) in [5.74, 6) is 0.940. The van der Waals surface area contributed by atoms with Crippen LogP contribution in [0.25, 0.3) is 11.0 Å². The van der Waals surface area contributed by atoms with Crippen molar-refractivity contribution < 1.29 is 28.6 Å². The number of rotatable bonds is 2. The van der Waals surface area contributed by atoms with Gasteiger partial charge in [-0.2, -0.15) is 0 Å². The second kappa shape index (κ2) is 11.7. The fraction of sp³-hybridized carbons (Fsp3) is 0.656. The van der Waals surface area contributed by atoms with E-state index in [0.29, 0.717) is 29.5 Å². The molecule has 2 unspecified atom stereocenters. The molecule has 10 heteroatoms. The Labute approximate surface area is 247 Å². The van der Waals surface area contributed by atoms with Crippen molar-refractivity contribution in [3.05, 3.63) is 23.9 Å². The Morgan fingerprint density at radius 2 is 1.81 bits per heavy atom. The van der Waals surface area contributed by atoms with Crippen LogP contribution in [0.3, 0.4) is 0 Å². The van der Waals surface area contributed by atoms with E-state index in [1.165, 1.54) is 6.92 Å². The summed E-state index contributed by atoms with van der Waals surface area (Å²) in [5.41, 5.74) is 1.56. The van der Waals surface area contributed by atoms with Crippen molar-refractivity contribution in [3.8, 4) is 11.6 Å². The standard InChI is InChI=1S/C32H44N4O6/c1-17-21-11-9-8-10-12-23-29(34-24-15-20(40-7)13-14-22(24)33-23)41-25-16-36(26(18(25)2)19(3)37)30(38)28(32(4,5)6)35-31(39)42-27(17)21/h13-15,17-18,21,25-28H,8-12,16H2,1-7H3,(H,35,39)/t17?,18-,21+,25+,26+,27?,28-/m1/s1. The maximum Gasteiger partial charge on any atom is 0.408 e. The molecule has 3 heterocycles. The Morgan fingerprint density at radius 3 is 2.50 bits per heavy atom. The Morgan fingerprint density at radius 1 is 1.05 bits per heavy atom. The van der Waals surface area contributed by atoms with Crippen LogP contribution >= 0.6 is 0 Å². The summed E-state index contributed by atoms with van der Waals surface area (Å²) in [7, 11) is 1.61. The summed E-state index contributed by atoms with van der Waals surface area (Å²) >= 11 is 0. The lowest BCUT2D eigenvalue weighted by Gasteiger charge is -2.35. The SMILES string of the molecule is COc1ccc2nc3c(nc2c1)O[C@H]1CN(C(=O)[C@H](C(C)(C)C)NC(=O)OC2C(C)[C@@H]2CCCCC3)[C@H](C(C)=O)[C@@H]1C. The summed E-state index contributed by atoms with van der Waals surface area (Å²) in [6, 6.07) is 4.01. The number of carbonyl (C=O) groups is 3. The molecule has 2 aliphatic heterocycles. The zero-order valence-electron chi connectivity index (χ0n) is 25.8. The first kappa shape index (κ1) is 30.0. The summed E-state index contributed by atoms with van der Waals surface area (Å²) < 4.78 is 17.8. The van der Waals surface area contributed by atoms with Crippen LogP contribution in [0.4, 0.5) is 4.79 Å². The van der Waals surface area contributed by atoms with E-state index in [1.807, 2.05) is 45.9 Å². The lowest BCUT2D eigenvalue weighted by molar-refractivity contribution is -0.141. The third kappa shape index (κ3) is 6.03. The van der Waals surface area contributed by atoms with Gasteiger partial charge < -0.3 is 24.4 Å². The van der Waals surface area contributed by atoms with Crippen LogP contribution in [0.2, 0.25) is 0 Å². The van der Waals surface area contributed by atoms with Gasteiger partial charge in [-0.3, -0.25) is 9.59 Å². The minimum Gasteiger partial charge on any atom is -0.497 e. The maximum atomic E-state index is 14.1. The molecule has 2 aromatic rings. The Kier molecular flexibility index (Phi) is 8.36. The molecule has 1 aromatic heterocycles. The molecule has 1 aliphatic carbocycles. The number of hydrogen-bond donors (Lipinski definition) is 1. The molecular formula is C32H44N4O6. The van der Waals surface area contributed by atoms with Gasteiger partial charge in [0.2, 0.25) is 11.8 Å². The Bertz CT molecular complexity index is 1360. The normalized spacial score (nSPS) is 30.6. The molecule has 1 N–H and O–H groups in total. The number of ketones is 1. The highest BCUT2D eigenvalue weighted by molar-refractivity contribution is 5.92. The quantitative estimate of drug-likeness (QED) is 0.542. The van der Waals surface area contributed by atoms with Crippen molar-refractivity contribution >= 4 is 28.8 Å². The minimum absolute atomic E-state index is 0.132. The number of carbonyl (C=O) groups excluding carboxylic acids is 3. The number of aryl methyl sites for hydroxylation is 1.